The van der Waals surface area contributed by atoms with Crippen molar-refractivity contribution in [3.05, 3.63) is 23.8 Å². The Morgan fingerprint density at radius 3 is 2.65 bits per heavy atom. The monoisotopic (exact) mass is 239 g/mol. The van der Waals surface area contributed by atoms with Crippen LogP contribution in [0.5, 0.6) is 5.75 Å². The van der Waals surface area contributed by atoms with Gasteiger partial charge in [0, 0.05) is 11.8 Å². The number of ether oxygens (including phenoxy) is 2. The molecule has 0 atom stereocenters. The number of anilines is 1. The van der Waals surface area contributed by atoms with Gasteiger partial charge in [-0.3, -0.25) is 0 Å². The molecular formula is C11H13NO5. The van der Waals surface area contributed by atoms with Crippen molar-refractivity contribution in [2.45, 2.75) is 6.92 Å². The fourth-order valence-corrected chi connectivity index (χ4v) is 1.17. The summed E-state index contributed by atoms with van der Waals surface area (Å²) in [6.45, 7) is 1.74. The zero-order valence-electron chi connectivity index (χ0n) is 9.30. The first kappa shape index (κ1) is 12.8. The minimum Gasteiger partial charge on any atom is -0.482 e. The second-order valence-electron chi connectivity index (χ2n) is 3.15. The zero-order chi connectivity index (χ0) is 12.8. The summed E-state index contributed by atoms with van der Waals surface area (Å²) in [4.78, 5) is 21.7. The van der Waals surface area contributed by atoms with Crippen molar-refractivity contribution >= 4 is 17.6 Å². The van der Waals surface area contributed by atoms with E-state index in [1.54, 1.807) is 6.92 Å². The summed E-state index contributed by atoms with van der Waals surface area (Å²) >= 11 is 0. The molecule has 0 spiro atoms. The second kappa shape index (κ2) is 5.74. The molecule has 0 fully saturated rings. The lowest BCUT2D eigenvalue weighted by atomic mass is 10.2. The van der Waals surface area contributed by atoms with Gasteiger partial charge in [-0.1, -0.05) is 0 Å². The van der Waals surface area contributed by atoms with Crippen LogP contribution in [0, 0.1) is 0 Å². The first-order valence-electron chi connectivity index (χ1n) is 4.95. The quantitative estimate of drug-likeness (QED) is 0.585. The summed E-state index contributed by atoms with van der Waals surface area (Å²) in [7, 11) is 0. The van der Waals surface area contributed by atoms with Crippen LogP contribution in [0.1, 0.15) is 17.3 Å². The van der Waals surface area contributed by atoms with Crippen LogP contribution >= 0.6 is 0 Å². The number of nitrogens with two attached hydrogens (primary N) is 1. The number of carboxylic acid groups (broad SMARTS) is 1. The molecule has 0 saturated carbocycles. The van der Waals surface area contributed by atoms with Gasteiger partial charge < -0.3 is 20.3 Å². The highest BCUT2D eigenvalue weighted by Gasteiger charge is 2.09. The summed E-state index contributed by atoms with van der Waals surface area (Å²) in [5.74, 6) is -1.28. The minimum absolute atomic E-state index is 0.00603. The molecular weight excluding hydrogens is 226 g/mol. The number of benzene rings is 1. The third-order valence-electron chi connectivity index (χ3n) is 1.92. The van der Waals surface area contributed by atoms with Gasteiger partial charge in [0.05, 0.1) is 12.2 Å². The van der Waals surface area contributed by atoms with E-state index in [1.165, 1.54) is 18.2 Å². The minimum atomic E-state index is -1.11. The summed E-state index contributed by atoms with van der Waals surface area (Å²) < 4.78 is 9.75. The Labute approximate surface area is 97.9 Å². The van der Waals surface area contributed by atoms with E-state index < -0.39 is 11.9 Å². The van der Waals surface area contributed by atoms with Gasteiger partial charge >= 0.3 is 11.9 Å². The summed E-state index contributed by atoms with van der Waals surface area (Å²) in [5, 5.41) is 8.75. The van der Waals surface area contributed by atoms with Gasteiger partial charge in [-0.05, 0) is 19.1 Å². The van der Waals surface area contributed by atoms with Crippen LogP contribution in [0.25, 0.3) is 0 Å². The molecule has 3 N–H and O–H groups in total. The molecule has 1 rings (SSSR count). The van der Waals surface area contributed by atoms with Gasteiger partial charge in [0.1, 0.15) is 5.75 Å². The lowest BCUT2D eigenvalue weighted by Crippen LogP contribution is -2.14. The van der Waals surface area contributed by atoms with Gasteiger partial charge in [0.15, 0.2) is 6.61 Å². The van der Waals surface area contributed by atoms with Crippen molar-refractivity contribution in [1.29, 1.82) is 0 Å². The van der Waals surface area contributed by atoms with E-state index in [0.717, 1.165) is 0 Å². The van der Waals surface area contributed by atoms with E-state index in [-0.39, 0.29) is 24.5 Å². The Morgan fingerprint density at radius 2 is 2.12 bits per heavy atom. The molecule has 1 aromatic carbocycles. The largest absolute Gasteiger partial charge is 0.482 e. The maximum atomic E-state index is 11.0. The first-order chi connectivity index (χ1) is 8.04. The number of carbonyl (C=O) groups is 2. The molecule has 0 aliphatic rings. The Morgan fingerprint density at radius 1 is 1.41 bits per heavy atom. The Hall–Kier alpha value is -2.24. The Kier molecular flexibility index (Phi) is 4.33. The summed E-state index contributed by atoms with van der Waals surface area (Å²) in [6, 6.07) is 4.10. The molecule has 1 aromatic rings. The average Bonchev–Trinajstić information content (AvgIpc) is 2.26. The zero-order valence-corrected chi connectivity index (χ0v) is 9.30. The summed E-state index contributed by atoms with van der Waals surface area (Å²) in [6.07, 6.45) is 0. The van der Waals surface area contributed by atoms with Crippen molar-refractivity contribution in [2.24, 2.45) is 0 Å². The van der Waals surface area contributed by atoms with Crippen molar-refractivity contribution in [1.82, 2.24) is 0 Å². The first-order valence-corrected chi connectivity index (χ1v) is 4.95. The third kappa shape index (κ3) is 3.67. The van der Waals surface area contributed by atoms with Crippen molar-refractivity contribution in [3.63, 3.8) is 0 Å². The van der Waals surface area contributed by atoms with Gasteiger partial charge in [-0.2, -0.15) is 0 Å². The second-order valence-corrected chi connectivity index (χ2v) is 3.15. The van der Waals surface area contributed by atoms with Crippen LogP contribution in [-0.4, -0.2) is 30.3 Å². The number of carboxylic acids is 1. The predicted molar refractivity (Wildman–Crippen MR) is 59.9 cm³/mol. The highest BCUT2D eigenvalue weighted by atomic mass is 16.6. The van der Waals surface area contributed by atoms with Gasteiger partial charge in [0.2, 0.25) is 0 Å². The number of carbonyl (C=O) groups excluding carboxylic acids is 1. The normalized spacial score (nSPS) is 9.71. The fraction of sp³-hybridized carbons (Fsp3) is 0.273. The molecule has 6 heteroatoms. The van der Waals surface area contributed by atoms with Gasteiger partial charge in [-0.15, -0.1) is 0 Å². The van der Waals surface area contributed by atoms with Crippen molar-refractivity contribution in [3.8, 4) is 5.75 Å². The van der Waals surface area contributed by atoms with Crippen molar-refractivity contribution in [2.75, 3.05) is 18.9 Å². The molecule has 0 aliphatic heterocycles. The topological polar surface area (TPSA) is 98.8 Å². The van der Waals surface area contributed by atoms with E-state index in [9.17, 15) is 9.59 Å². The lowest BCUT2D eigenvalue weighted by molar-refractivity contribution is -0.145. The molecule has 6 nitrogen and oxygen atoms in total. The number of aromatic carboxylic acids is 1. The van der Waals surface area contributed by atoms with E-state index in [2.05, 4.69) is 4.74 Å². The molecule has 0 radical (unpaired) electrons. The highest BCUT2D eigenvalue weighted by molar-refractivity contribution is 5.93. The number of hydrogen-bond donors (Lipinski definition) is 2. The van der Waals surface area contributed by atoms with Crippen molar-refractivity contribution < 1.29 is 24.2 Å². The maximum absolute atomic E-state index is 11.0. The molecule has 0 bridgehead atoms. The predicted octanol–water partition coefficient (Wildman–Crippen LogP) is 0.909. The molecule has 17 heavy (non-hydrogen) atoms. The van der Waals surface area contributed by atoms with Crippen LogP contribution in [0.4, 0.5) is 5.69 Å². The van der Waals surface area contributed by atoms with Crippen LogP contribution in [0.15, 0.2) is 18.2 Å². The maximum Gasteiger partial charge on any atom is 0.344 e. The molecule has 0 saturated heterocycles. The van der Waals surface area contributed by atoms with Crippen LogP contribution < -0.4 is 10.5 Å². The molecule has 0 unspecified atom stereocenters. The van der Waals surface area contributed by atoms with E-state index >= 15 is 0 Å². The third-order valence-corrected chi connectivity index (χ3v) is 1.92. The van der Waals surface area contributed by atoms with Crippen LogP contribution in [0.2, 0.25) is 0 Å². The number of rotatable bonds is 5. The molecule has 92 valence electrons. The van der Waals surface area contributed by atoms with Crippen LogP contribution in [0.3, 0.4) is 0 Å². The molecule has 0 heterocycles. The number of esters is 1. The van der Waals surface area contributed by atoms with E-state index in [1.807, 2.05) is 0 Å². The number of nitrogen functional groups attached to an aromatic ring is 1. The summed E-state index contributed by atoms with van der Waals surface area (Å²) in [5.41, 5.74) is 5.59. The highest BCUT2D eigenvalue weighted by Crippen LogP contribution is 2.19. The van der Waals surface area contributed by atoms with Gasteiger partial charge in [-0.25, -0.2) is 9.59 Å². The molecule has 0 aliphatic carbocycles. The standard InChI is InChI=1S/C11H13NO5/c1-2-16-10(13)6-17-7-3-4-8(11(14)15)9(12)5-7/h3-5H,2,6,12H2,1H3,(H,14,15). The Bertz CT molecular complexity index is 430. The fourth-order valence-electron chi connectivity index (χ4n) is 1.17. The molecule has 0 amide bonds. The molecule has 0 aromatic heterocycles. The Balaban J connectivity index is 2.65. The van der Waals surface area contributed by atoms with Crippen LogP contribution in [-0.2, 0) is 9.53 Å². The van der Waals surface area contributed by atoms with Gasteiger partial charge in [0.25, 0.3) is 0 Å². The smallest absolute Gasteiger partial charge is 0.344 e. The SMILES string of the molecule is CCOC(=O)COc1ccc(C(=O)O)c(N)c1. The van der Waals surface area contributed by atoms with E-state index in [4.69, 9.17) is 15.6 Å². The average molecular weight is 239 g/mol. The van der Waals surface area contributed by atoms with E-state index in [0.29, 0.717) is 5.75 Å². The number of hydrogen-bond acceptors (Lipinski definition) is 5. The lowest BCUT2D eigenvalue weighted by Gasteiger charge is -2.07.